The van der Waals surface area contributed by atoms with E-state index >= 15 is 0 Å². The number of para-hydroxylation sites is 1. The number of hydrogen-bond donors (Lipinski definition) is 3. The summed E-state index contributed by atoms with van der Waals surface area (Å²) in [5.41, 5.74) is 7.58. The molecule has 140 valence electrons. The van der Waals surface area contributed by atoms with Gasteiger partial charge in [-0.15, -0.1) is 0 Å². The van der Waals surface area contributed by atoms with Crippen molar-refractivity contribution in [3.05, 3.63) is 64.4 Å². The van der Waals surface area contributed by atoms with E-state index in [9.17, 15) is 4.79 Å². The fourth-order valence-corrected chi connectivity index (χ4v) is 3.33. The van der Waals surface area contributed by atoms with Gasteiger partial charge in [-0.05, 0) is 43.8 Å². The van der Waals surface area contributed by atoms with Crippen molar-refractivity contribution in [1.82, 2.24) is 15.3 Å². The standard InChI is InChI=1S/C20H22ClN5O/c1-12-25-18-16(19(22)27)7-4-8-17(18)20(26-12)24-11-14(10-23-2)13-5-3-6-15(21)9-13/h3-9,14,23H,10-11H2,1-2H3,(H2,22,27)(H,24,25,26). The van der Waals surface area contributed by atoms with E-state index in [0.717, 1.165) is 17.5 Å². The predicted molar refractivity (Wildman–Crippen MR) is 109 cm³/mol. The lowest BCUT2D eigenvalue weighted by Crippen LogP contribution is -2.24. The molecule has 0 aliphatic rings. The van der Waals surface area contributed by atoms with Gasteiger partial charge in [0.05, 0.1) is 11.1 Å². The Labute approximate surface area is 163 Å². The average Bonchev–Trinajstić information content (AvgIpc) is 2.64. The van der Waals surface area contributed by atoms with Crippen LogP contribution in [0.3, 0.4) is 0 Å². The summed E-state index contributed by atoms with van der Waals surface area (Å²) in [4.78, 5) is 20.7. The van der Waals surface area contributed by atoms with Crippen molar-refractivity contribution in [2.45, 2.75) is 12.8 Å². The van der Waals surface area contributed by atoms with Gasteiger partial charge in [-0.3, -0.25) is 4.79 Å². The number of amides is 1. The molecule has 3 rings (SSSR count). The van der Waals surface area contributed by atoms with Crippen molar-refractivity contribution in [1.29, 1.82) is 0 Å². The van der Waals surface area contributed by atoms with E-state index in [1.165, 1.54) is 0 Å². The Morgan fingerprint density at radius 2 is 1.96 bits per heavy atom. The van der Waals surface area contributed by atoms with Gasteiger partial charge in [0.15, 0.2) is 0 Å². The number of benzene rings is 2. The van der Waals surface area contributed by atoms with Crippen LogP contribution >= 0.6 is 11.6 Å². The minimum Gasteiger partial charge on any atom is -0.369 e. The summed E-state index contributed by atoms with van der Waals surface area (Å²) in [7, 11) is 1.92. The Balaban J connectivity index is 1.93. The molecule has 0 radical (unpaired) electrons. The third-order valence-electron chi connectivity index (χ3n) is 4.39. The number of fused-ring (bicyclic) bond motifs is 1. The minimum absolute atomic E-state index is 0.193. The van der Waals surface area contributed by atoms with Crippen LogP contribution < -0.4 is 16.4 Å². The number of likely N-dealkylation sites (N-methyl/N-ethyl adjacent to an activating group) is 1. The van der Waals surface area contributed by atoms with Crippen LogP contribution in [0.25, 0.3) is 10.9 Å². The van der Waals surface area contributed by atoms with Crippen molar-refractivity contribution in [2.75, 3.05) is 25.5 Å². The van der Waals surface area contributed by atoms with Gasteiger partial charge in [-0.25, -0.2) is 9.97 Å². The zero-order valence-electron chi connectivity index (χ0n) is 15.3. The first-order valence-electron chi connectivity index (χ1n) is 8.70. The first-order chi connectivity index (χ1) is 13.0. The zero-order valence-corrected chi connectivity index (χ0v) is 16.0. The third kappa shape index (κ3) is 4.35. The van der Waals surface area contributed by atoms with E-state index in [2.05, 4.69) is 26.7 Å². The molecule has 6 nitrogen and oxygen atoms in total. The van der Waals surface area contributed by atoms with Gasteiger partial charge in [0, 0.05) is 29.4 Å². The quantitative estimate of drug-likeness (QED) is 0.583. The second-order valence-corrected chi connectivity index (χ2v) is 6.81. The highest BCUT2D eigenvalue weighted by molar-refractivity contribution is 6.30. The number of nitrogens with two attached hydrogens (primary N) is 1. The lowest BCUT2D eigenvalue weighted by atomic mass is 9.99. The topological polar surface area (TPSA) is 92.9 Å². The van der Waals surface area contributed by atoms with E-state index < -0.39 is 5.91 Å². The summed E-state index contributed by atoms with van der Waals surface area (Å²) in [6.07, 6.45) is 0. The van der Waals surface area contributed by atoms with Crippen LogP contribution in [-0.4, -0.2) is 36.0 Å². The van der Waals surface area contributed by atoms with Gasteiger partial charge in [0.25, 0.3) is 5.91 Å². The summed E-state index contributed by atoms with van der Waals surface area (Å²) in [6, 6.07) is 13.2. The lowest BCUT2D eigenvalue weighted by Gasteiger charge is -2.19. The molecule has 1 unspecified atom stereocenters. The number of anilines is 1. The molecule has 0 aliphatic carbocycles. The summed E-state index contributed by atoms with van der Waals surface area (Å²) in [5, 5.41) is 8.11. The van der Waals surface area contributed by atoms with Gasteiger partial charge in [0.2, 0.25) is 0 Å². The van der Waals surface area contributed by atoms with E-state index in [4.69, 9.17) is 17.3 Å². The molecule has 1 amide bonds. The minimum atomic E-state index is -0.503. The van der Waals surface area contributed by atoms with Crippen molar-refractivity contribution < 1.29 is 4.79 Å². The van der Waals surface area contributed by atoms with Crippen LogP contribution in [0.5, 0.6) is 0 Å². The fraction of sp³-hybridized carbons (Fsp3) is 0.250. The van der Waals surface area contributed by atoms with Crippen molar-refractivity contribution in [2.24, 2.45) is 5.73 Å². The number of carbonyl (C=O) groups is 1. The first kappa shape index (κ1) is 19.1. The zero-order chi connectivity index (χ0) is 19.4. The highest BCUT2D eigenvalue weighted by Gasteiger charge is 2.15. The predicted octanol–water partition coefficient (Wildman–Crippen LogP) is 3.11. The smallest absolute Gasteiger partial charge is 0.250 e. The SMILES string of the molecule is CNCC(CNc1nc(C)nc2c(C(N)=O)cccc12)c1cccc(Cl)c1. The monoisotopic (exact) mass is 383 g/mol. The number of carbonyl (C=O) groups excluding carboxylic acids is 1. The van der Waals surface area contributed by atoms with Crippen molar-refractivity contribution in [3.8, 4) is 0 Å². The van der Waals surface area contributed by atoms with Crippen LogP contribution in [0.15, 0.2) is 42.5 Å². The number of nitrogens with one attached hydrogen (secondary N) is 2. The van der Waals surface area contributed by atoms with E-state index in [1.54, 1.807) is 19.1 Å². The maximum Gasteiger partial charge on any atom is 0.250 e. The summed E-state index contributed by atoms with van der Waals surface area (Å²) < 4.78 is 0. The molecule has 0 saturated heterocycles. The third-order valence-corrected chi connectivity index (χ3v) is 4.63. The number of halogens is 1. The molecule has 7 heteroatoms. The van der Waals surface area contributed by atoms with Gasteiger partial charge >= 0.3 is 0 Å². The molecule has 4 N–H and O–H groups in total. The molecule has 1 heterocycles. The molecule has 3 aromatic rings. The van der Waals surface area contributed by atoms with Crippen molar-refractivity contribution >= 4 is 34.2 Å². The van der Waals surface area contributed by atoms with E-state index in [0.29, 0.717) is 34.3 Å². The van der Waals surface area contributed by atoms with Gasteiger partial charge < -0.3 is 16.4 Å². The molecule has 0 spiro atoms. The summed E-state index contributed by atoms with van der Waals surface area (Å²) >= 11 is 6.15. The lowest BCUT2D eigenvalue weighted by molar-refractivity contribution is 0.100. The maximum absolute atomic E-state index is 11.7. The second kappa shape index (κ2) is 8.33. The Kier molecular flexibility index (Phi) is 5.88. The molecule has 1 atom stereocenters. The number of aryl methyl sites for hydroxylation is 1. The molecular weight excluding hydrogens is 362 g/mol. The molecule has 1 aromatic heterocycles. The second-order valence-electron chi connectivity index (χ2n) is 6.38. The molecule has 2 aromatic carbocycles. The van der Waals surface area contributed by atoms with Crippen LogP contribution in [0.4, 0.5) is 5.82 Å². The number of hydrogen-bond acceptors (Lipinski definition) is 5. The highest BCUT2D eigenvalue weighted by atomic mass is 35.5. The normalized spacial score (nSPS) is 12.1. The Bertz CT molecular complexity index is 976. The molecular formula is C20H22ClN5O. The highest BCUT2D eigenvalue weighted by Crippen LogP contribution is 2.25. The average molecular weight is 384 g/mol. The molecule has 0 fully saturated rings. The molecule has 0 aliphatic heterocycles. The maximum atomic E-state index is 11.7. The van der Waals surface area contributed by atoms with Crippen LogP contribution in [0, 0.1) is 6.92 Å². The van der Waals surface area contributed by atoms with Crippen LogP contribution in [0.2, 0.25) is 5.02 Å². The molecule has 27 heavy (non-hydrogen) atoms. The largest absolute Gasteiger partial charge is 0.369 e. The number of primary amides is 1. The van der Waals surface area contributed by atoms with Gasteiger partial charge in [-0.1, -0.05) is 29.8 Å². The van der Waals surface area contributed by atoms with Crippen LogP contribution in [0.1, 0.15) is 27.7 Å². The molecule has 0 bridgehead atoms. The number of aromatic nitrogens is 2. The number of nitrogens with zero attached hydrogens (tertiary/aromatic N) is 2. The Morgan fingerprint density at radius 1 is 1.19 bits per heavy atom. The van der Waals surface area contributed by atoms with Crippen molar-refractivity contribution in [3.63, 3.8) is 0 Å². The van der Waals surface area contributed by atoms with Gasteiger partial charge in [-0.2, -0.15) is 0 Å². The molecule has 0 saturated carbocycles. The Hall–Kier alpha value is -2.70. The summed E-state index contributed by atoms with van der Waals surface area (Å²) in [5.74, 6) is 0.949. The van der Waals surface area contributed by atoms with E-state index in [-0.39, 0.29) is 5.92 Å². The van der Waals surface area contributed by atoms with Crippen LogP contribution in [-0.2, 0) is 0 Å². The number of rotatable bonds is 7. The Morgan fingerprint density at radius 3 is 2.67 bits per heavy atom. The fourth-order valence-electron chi connectivity index (χ4n) is 3.13. The first-order valence-corrected chi connectivity index (χ1v) is 9.08. The van der Waals surface area contributed by atoms with Gasteiger partial charge in [0.1, 0.15) is 11.6 Å². The summed E-state index contributed by atoms with van der Waals surface area (Å²) in [6.45, 7) is 3.22. The van der Waals surface area contributed by atoms with E-state index in [1.807, 2.05) is 31.3 Å².